The second-order valence-corrected chi connectivity index (χ2v) is 7.29. The van der Waals surface area contributed by atoms with Gasteiger partial charge in [0.15, 0.2) is 6.61 Å². The van der Waals surface area contributed by atoms with Crippen LogP contribution >= 0.6 is 0 Å². The van der Waals surface area contributed by atoms with Crippen LogP contribution in [0.3, 0.4) is 0 Å². The number of benzene rings is 1. The smallest absolute Gasteiger partial charge is 0.422 e. The molecule has 5 heteroatoms. The van der Waals surface area contributed by atoms with Crippen LogP contribution < -0.4 is 4.74 Å². The fourth-order valence-corrected chi connectivity index (χ4v) is 3.28. The maximum atomic E-state index is 12.8. The van der Waals surface area contributed by atoms with Gasteiger partial charge in [0.25, 0.3) is 0 Å². The summed E-state index contributed by atoms with van der Waals surface area (Å²) in [5.41, 5.74) is 4.45. The number of hydrogen-bond acceptors (Lipinski definition) is 2. The van der Waals surface area contributed by atoms with E-state index >= 15 is 0 Å². The molecule has 0 atom stereocenters. The lowest BCUT2D eigenvalue weighted by molar-refractivity contribution is -0.153. The van der Waals surface area contributed by atoms with Gasteiger partial charge in [0.1, 0.15) is 5.75 Å². The van der Waals surface area contributed by atoms with E-state index in [9.17, 15) is 18.3 Å². The van der Waals surface area contributed by atoms with Crippen molar-refractivity contribution in [1.82, 2.24) is 0 Å². The second-order valence-electron chi connectivity index (χ2n) is 7.29. The average molecular weight is 356 g/mol. The van der Waals surface area contributed by atoms with Crippen LogP contribution in [0.2, 0.25) is 0 Å². The van der Waals surface area contributed by atoms with Crippen LogP contribution in [0.15, 0.2) is 17.7 Å². The van der Waals surface area contributed by atoms with E-state index < -0.39 is 12.8 Å². The third kappa shape index (κ3) is 4.78. The topological polar surface area (TPSA) is 29.5 Å². The molecule has 0 spiro atoms. The zero-order valence-corrected chi connectivity index (χ0v) is 15.3. The van der Waals surface area contributed by atoms with E-state index in [1.807, 2.05) is 26.0 Å². The molecule has 1 aromatic rings. The standard InChI is InChI=1S/C20H27F3O2/c1-12(2)15-8-17(13(3)4)19(25-11-20(21,22)23)18(9-15)16-7-5-6-14(16)10-24/h8-9,12-13,24H,5-7,10-11H2,1-4H3. The maximum Gasteiger partial charge on any atom is 0.422 e. The summed E-state index contributed by atoms with van der Waals surface area (Å²) in [5.74, 6) is 0.618. The van der Waals surface area contributed by atoms with Gasteiger partial charge >= 0.3 is 6.18 Å². The molecular formula is C20H27F3O2. The van der Waals surface area contributed by atoms with E-state index in [1.54, 1.807) is 0 Å². The van der Waals surface area contributed by atoms with E-state index in [0.29, 0.717) is 5.75 Å². The minimum Gasteiger partial charge on any atom is -0.483 e. The number of ether oxygens (including phenoxy) is 1. The predicted octanol–water partition coefficient (Wildman–Crippen LogP) is 5.80. The van der Waals surface area contributed by atoms with E-state index in [4.69, 9.17) is 4.74 Å². The Morgan fingerprint density at radius 3 is 2.28 bits per heavy atom. The van der Waals surface area contributed by atoms with Crippen molar-refractivity contribution in [2.75, 3.05) is 13.2 Å². The number of hydrogen-bond donors (Lipinski definition) is 1. The molecule has 1 N–H and O–H groups in total. The van der Waals surface area contributed by atoms with Gasteiger partial charge in [-0.05, 0) is 59.4 Å². The number of aliphatic hydroxyl groups excluding tert-OH is 1. The summed E-state index contributed by atoms with van der Waals surface area (Å²) < 4.78 is 43.6. The Morgan fingerprint density at radius 1 is 1.08 bits per heavy atom. The van der Waals surface area contributed by atoms with Crippen LogP contribution in [0.4, 0.5) is 13.2 Å². The van der Waals surface area contributed by atoms with Crippen LogP contribution in [0.25, 0.3) is 5.57 Å². The number of alkyl halides is 3. The van der Waals surface area contributed by atoms with Gasteiger partial charge in [0, 0.05) is 5.56 Å². The van der Waals surface area contributed by atoms with E-state index in [-0.39, 0.29) is 18.4 Å². The number of aliphatic hydroxyl groups is 1. The largest absolute Gasteiger partial charge is 0.483 e. The second kappa shape index (κ2) is 7.81. The predicted molar refractivity (Wildman–Crippen MR) is 94.0 cm³/mol. The molecule has 140 valence electrons. The summed E-state index contributed by atoms with van der Waals surface area (Å²) in [5, 5.41) is 9.63. The summed E-state index contributed by atoms with van der Waals surface area (Å²) in [6, 6.07) is 3.90. The highest BCUT2D eigenvalue weighted by Crippen LogP contribution is 2.43. The zero-order chi connectivity index (χ0) is 18.8. The summed E-state index contributed by atoms with van der Waals surface area (Å²) in [4.78, 5) is 0. The van der Waals surface area contributed by atoms with Gasteiger partial charge in [-0.1, -0.05) is 33.8 Å². The van der Waals surface area contributed by atoms with Crippen molar-refractivity contribution in [1.29, 1.82) is 0 Å². The lowest BCUT2D eigenvalue weighted by Crippen LogP contribution is -2.20. The van der Waals surface area contributed by atoms with Crippen molar-refractivity contribution in [3.8, 4) is 5.75 Å². The summed E-state index contributed by atoms with van der Waals surface area (Å²) >= 11 is 0. The summed E-state index contributed by atoms with van der Waals surface area (Å²) in [6.45, 7) is 6.68. The Bertz CT molecular complexity index is 643. The van der Waals surface area contributed by atoms with Crippen molar-refractivity contribution in [2.24, 2.45) is 0 Å². The first-order valence-corrected chi connectivity index (χ1v) is 8.83. The van der Waals surface area contributed by atoms with Gasteiger partial charge in [-0.15, -0.1) is 0 Å². The van der Waals surface area contributed by atoms with Gasteiger partial charge in [0.05, 0.1) is 6.61 Å². The van der Waals surface area contributed by atoms with Crippen molar-refractivity contribution in [2.45, 2.75) is 65.0 Å². The molecule has 0 amide bonds. The highest BCUT2D eigenvalue weighted by molar-refractivity contribution is 5.77. The molecule has 1 aliphatic carbocycles. The number of rotatable bonds is 6. The van der Waals surface area contributed by atoms with Crippen LogP contribution in [0.5, 0.6) is 5.75 Å². The molecule has 0 saturated carbocycles. The van der Waals surface area contributed by atoms with Crippen LogP contribution in [0.1, 0.15) is 75.5 Å². The molecule has 0 aliphatic heterocycles. The minimum atomic E-state index is -4.38. The maximum absolute atomic E-state index is 12.8. The van der Waals surface area contributed by atoms with Crippen LogP contribution in [-0.2, 0) is 0 Å². The van der Waals surface area contributed by atoms with Crippen molar-refractivity contribution in [3.05, 3.63) is 34.4 Å². The number of halogens is 3. The monoisotopic (exact) mass is 356 g/mol. The molecule has 1 aromatic carbocycles. The van der Waals surface area contributed by atoms with Gasteiger partial charge < -0.3 is 9.84 Å². The van der Waals surface area contributed by atoms with Gasteiger partial charge in [-0.25, -0.2) is 0 Å². The fourth-order valence-electron chi connectivity index (χ4n) is 3.28. The van der Waals surface area contributed by atoms with Crippen molar-refractivity contribution < 1.29 is 23.0 Å². The fraction of sp³-hybridized carbons (Fsp3) is 0.600. The minimum absolute atomic E-state index is 0.0419. The molecule has 0 unspecified atom stereocenters. The van der Waals surface area contributed by atoms with Gasteiger partial charge in [-0.3, -0.25) is 0 Å². The van der Waals surface area contributed by atoms with Crippen LogP contribution in [0, 0.1) is 0 Å². The molecule has 0 aromatic heterocycles. The molecule has 2 rings (SSSR count). The van der Waals surface area contributed by atoms with Crippen molar-refractivity contribution >= 4 is 5.57 Å². The molecule has 0 fully saturated rings. The first-order valence-electron chi connectivity index (χ1n) is 8.83. The number of allylic oxidation sites excluding steroid dienone is 1. The van der Waals surface area contributed by atoms with Crippen molar-refractivity contribution in [3.63, 3.8) is 0 Å². The molecule has 0 saturated heterocycles. The third-order valence-corrected chi connectivity index (χ3v) is 4.66. The first kappa shape index (κ1) is 19.8. The van der Waals surface area contributed by atoms with E-state index in [0.717, 1.165) is 47.1 Å². The highest BCUT2D eigenvalue weighted by Gasteiger charge is 2.31. The average Bonchev–Trinajstić information content (AvgIpc) is 2.99. The highest BCUT2D eigenvalue weighted by atomic mass is 19.4. The first-order chi connectivity index (χ1) is 11.6. The Hall–Kier alpha value is -1.49. The Morgan fingerprint density at radius 2 is 1.76 bits per heavy atom. The Kier molecular flexibility index (Phi) is 6.20. The third-order valence-electron chi connectivity index (χ3n) is 4.66. The zero-order valence-electron chi connectivity index (χ0n) is 15.3. The molecule has 1 aliphatic rings. The molecule has 0 radical (unpaired) electrons. The molecule has 0 bridgehead atoms. The van der Waals surface area contributed by atoms with Crippen LogP contribution in [-0.4, -0.2) is 24.5 Å². The molecular weight excluding hydrogens is 329 g/mol. The lowest BCUT2D eigenvalue weighted by Gasteiger charge is -2.23. The van der Waals surface area contributed by atoms with E-state index in [1.165, 1.54) is 0 Å². The molecule has 0 heterocycles. The lowest BCUT2D eigenvalue weighted by atomic mass is 9.88. The Balaban J connectivity index is 2.63. The Labute approximate surface area is 147 Å². The molecule has 2 nitrogen and oxygen atoms in total. The van der Waals surface area contributed by atoms with E-state index in [2.05, 4.69) is 13.8 Å². The quantitative estimate of drug-likeness (QED) is 0.697. The normalized spacial score (nSPS) is 15.6. The SMILES string of the molecule is CC(C)c1cc(C2=C(CO)CCC2)c(OCC(F)(F)F)c(C(C)C)c1. The van der Waals surface area contributed by atoms with Gasteiger partial charge in [-0.2, -0.15) is 13.2 Å². The summed E-state index contributed by atoms with van der Waals surface area (Å²) in [6.07, 6.45) is -1.93. The summed E-state index contributed by atoms with van der Waals surface area (Å²) in [7, 11) is 0. The molecule has 25 heavy (non-hydrogen) atoms. The van der Waals surface area contributed by atoms with Gasteiger partial charge in [0.2, 0.25) is 0 Å².